The number of H-pyrrole nitrogens is 1. The lowest BCUT2D eigenvalue weighted by Crippen LogP contribution is -2.52. The largest absolute Gasteiger partial charge is 0.356 e. The van der Waals surface area contributed by atoms with Crippen molar-refractivity contribution < 1.29 is 0 Å². The monoisotopic (exact) mass is 411 g/mol. The summed E-state index contributed by atoms with van der Waals surface area (Å²) >= 11 is 3.48. The van der Waals surface area contributed by atoms with Crippen LogP contribution in [0.5, 0.6) is 0 Å². The zero-order valence-corrected chi connectivity index (χ0v) is 17.1. The fraction of sp³-hybridized carbons (Fsp3) is 0.409. The number of aromatic amines is 1. The standard InChI is InChI=1S/C22H26BrN3/c1-3-4-7-12-22(16-10-11-20(23)24-14-16)21-18(13-15(2)26-22)17-8-5-6-9-19(17)25-21/h5-6,8-11,14-15,25-26H,3-4,7,12-13H2,1-2H3. The molecule has 0 saturated carbocycles. The molecule has 0 spiro atoms. The summed E-state index contributed by atoms with van der Waals surface area (Å²) in [5.41, 5.74) is 5.08. The maximum absolute atomic E-state index is 4.54. The van der Waals surface area contributed by atoms with E-state index in [0.717, 1.165) is 17.4 Å². The van der Waals surface area contributed by atoms with Gasteiger partial charge in [-0.15, -0.1) is 0 Å². The van der Waals surface area contributed by atoms with Crippen molar-refractivity contribution in [1.29, 1.82) is 0 Å². The molecular weight excluding hydrogens is 386 g/mol. The van der Waals surface area contributed by atoms with Crippen LogP contribution in [-0.2, 0) is 12.0 Å². The van der Waals surface area contributed by atoms with E-state index in [1.807, 2.05) is 6.20 Å². The average Bonchev–Trinajstić information content (AvgIpc) is 3.01. The van der Waals surface area contributed by atoms with Crippen molar-refractivity contribution in [3.05, 3.63) is 64.0 Å². The number of para-hydroxylation sites is 1. The van der Waals surface area contributed by atoms with Gasteiger partial charge in [0.1, 0.15) is 4.60 Å². The van der Waals surface area contributed by atoms with Crippen LogP contribution in [0.25, 0.3) is 10.9 Å². The summed E-state index contributed by atoms with van der Waals surface area (Å²) in [7, 11) is 0. The molecule has 3 nitrogen and oxygen atoms in total. The second-order valence-corrected chi connectivity index (χ2v) is 8.32. The van der Waals surface area contributed by atoms with Crippen molar-refractivity contribution in [3.63, 3.8) is 0 Å². The van der Waals surface area contributed by atoms with Gasteiger partial charge in [0.15, 0.2) is 0 Å². The third-order valence-corrected chi connectivity index (χ3v) is 6.09. The number of fused-ring (bicyclic) bond motifs is 3. The second-order valence-electron chi connectivity index (χ2n) is 7.51. The Morgan fingerprint density at radius 3 is 2.81 bits per heavy atom. The molecule has 0 fully saturated rings. The minimum Gasteiger partial charge on any atom is -0.356 e. The lowest BCUT2D eigenvalue weighted by molar-refractivity contribution is 0.291. The van der Waals surface area contributed by atoms with E-state index in [0.29, 0.717) is 6.04 Å². The van der Waals surface area contributed by atoms with Crippen LogP contribution in [0.15, 0.2) is 47.2 Å². The van der Waals surface area contributed by atoms with E-state index in [1.165, 1.54) is 47.0 Å². The number of nitrogens with zero attached hydrogens (tertiary/aromatic N) is 1. The highest BCUT2D eigenvalue weighted by Crippen LogP contribution is 2.42. The van der Waals surface area contributed by atoms with Crippen LogP contribution in [0.2, 0.25) is 0 Å². The number of pyridine rings is 1. The van der Waals surface area contributed by atoms with Crippen molar-refractivity contribution in [3.8, 4) is 0 Å². The predicted molar refractivity (Wildman–Crippen MR) is 111 cm³/mol. The molecule has 0 aliphatic carbocycles. The van der Waals surface area contributed by atoms with Gasteiger partial charge in [-0.2, -0.15) is 0 Å². The van der Waals surface area contributed by atoms with E-state index in [2.05, 4.69) is 81.5 Å². The first-order chi connectivity index (χ1) is 12.6. The number of hydrogen-bond donors (Lipinski definition) is 2. The fourth-order valence-electron chi connectivity index (χ4n) is 4.46. The van der Waals surface area contributed by atoms with E-state index in [1.54, 1.807) is 0 Å². The zero-order chi connectivity index (χ0) is 18.1. The third kappa shape index (κ3) is 2.99. The van der Waals surface area contributed by atoms with E-state index in [-0.39, 0.29) is 5.54 Å². The van der Waals surface area contributed by atoms with Crippen LogP contribution in [0, 0.1) is 0 Å². The van der Waals surface area contributed by atoms with E-state index < -0.39 is 0 Å². The molecule has 1 aromatic carbocycles. The van der Waals surface area contributed by atoms with Gasteiger partial charge < -0.3 is 4.98 Å². The highest BCUT2D eigenvalue weighted by molar-refractivity contribution is 9.10. The first-order valence-corrected chi connectivity index (χ1v) is 10.4. The van der Waals surface area contributed by atoms with Gasteiger partial charge in [-0.05, 0) is 59.0 Å². The van der Waals surface area contributed by atoms with Crippen LogP contribution in [-0.4, -0.2) is 16.0 Å². The van der Waals surface area contributed by atoms with Gasteiger partial charge in [0.2, 0.25) is 0 Å². The number of halogens is 1. The number of nitrogens with one attached hydrogen (secondary N) is 2. The Bertz CT molecular complexity index is 899. The molecule has 4 heteroatoms. The molecule has 2 aromatic heterocycles. The van der Waals surface area contributed by atoms with Crippen molar-refractivity contribution >= 4 is 26.8 Å². The topological polar surface area (TPSA) is 40.7 Å². The molecular formula is C22H26BrN3. The Kier molecular flexibility index (Phi) is 4.89. The molecule has 3 heterocycles. The molecule has 0 saturated heterocycles. The highest BCUT2D eigenvalue weighted by Gasteiger charge is 2.42. The Labute approximate surface area is 163 Å². The number of rotatable bonds is 5. The molecule has 0 bridgehead atoms. The highest BCUT2D eigenvalue weighted by atomic mass is 79.9. The maximum Gasteiger partial charge on any atom is 0.106 e. The summed E-state index contributed by atoms with van der Waals surface area (Å²) < 4.78 is 0.880. The van der Waals surface area contributed by atoms with Gasteiger partial charge >= 0.3 is 0 Å². The number of unbranched alkanes of at least 4 members (excludes halogenated alkanes) is 2. The van der Waals surface area contributed by atoms with Crippen LogP contribution in [0.3, 0.4) is 0 Å². The van der Waals surface area contributed by atoms with Crippen molar-refractivity contribution in [2.45, 2.75) is 57.5 Å². The number of hydrogen-bond acceptors (Lipinski definition) is 2. The van der Waals surface area contributed by atoms with Gasteiger partial charge in [-0.25, -0.2) is 4.98 Å². The third-order valence-electron chi connectivity index (χ3n) is 5.62. The van der Waals surface area contributed by atoms with Gasteiger partial charge in [-0.1, -0.05) is 50.5 Å². The molecule has 2 unspecified atom stereocenters. The van der Waals surface area contributed by atoms with Gasteiger partial charge in [0.25, 0.3) is 0 Å². The Morgan fingerprint density at radius 1 is 1.19 bits per heavy atom. The Hall–Kier alpha value is -1.65. The first kappa shape index (κ1) is 17.7. The Morgan fingerprint density at radius 2 is 2.04 bits per heavy atom. The zero-order valence-electron chi connectivity index (χ0n) is 15.5. The maximum atomic E-state index is 4.54. The van der Waals surface area contributed by atoms with Crippen molar-refractivity contribution in [2.24, 2.45) is 0 Å². The number of aromatic nitrogens is 2. The molecule has 136 valence electrons. The van der Waals surface area contributed by atoms with Crippen LogP contribution in [0.1, 0.15) is 56.4 Å². The van der Waals surface area contributed by atoms with Crippen LogP contribution >= 0.6 is 15.9 Å². The summed E-state index contributed by atoms with van der Waals surface area (Å²) in [5, 5.41) is 5.32. The summed E-state index contributed by atoms with van der Waals surface area (Å²) in [6.07, 6.45) is 7.83. The van der Waals surface area contributed by atoms with Crippen molar-refractivity contribution in [2.75, 3.05) is 0 Å². The molecule has 2 N–H and O–H groups in total. The molecule has 0 amide bonds. The van der Waals surface area contributed by atoms with E-state index in [4.69, 9.17) is 0 Å². The fourth-order valence-corrected chi connectivity index (χ4v) is 4.70. The lowest BCUT2D eigenvalue weighted by Gasteiger charge is -2.42. The first-order valence-electron chi connectivity index (χ1n) is 9.64. The van der Waals surface area contributed by atoms with Crippen LogP contribution < -0.4 is 5.32 Å². The SMILES string of the molecule is CCCCCC1(c2ccc(Br)nc2)NC(C)Cc2c1[nH]c1ccccc21. The summed E-state index contributed by atoms with van der Waals surface area (Å²) in [6.45, 7) is 4.56. The molecule has 1 aliphatic heterocycles. The van der Waals surface area contributed by atoms with E-state index >= 15 is 0 Å². The summed E-state index contributed by atoms with van der Waals surface area (Å²) in [4.78, 5) is 8.31. The summed E-state index contributed by atoms with van der Waals surface area (Å²) in [5.74, 6) is 0. The van der Waals surface area contributed by atoms with Crippen LogP contribution in [0.4, 0.5) is 0 Å². The molecule has 3 aromatic rings. The smallest absolute Gasteiger partial charge is 0.106 e. The minimum atomic E-state index is -0.200. The molecule has 0 radical (unpaired) electrons. The van der Waals surface area contributed by atoms with E-state index in [9.17, 15) is 0 Å². The van der Waals surface area contributed by atoms with Crippen molar-refractivity contribution in [1.82, 2.24) is 15.3 Å². The average molecular weight is 412 g/mol. The minimum absolute atomic E-state index is 0.200. The Balaban J connectivity index is 1.91. The second kappa shape index (κ2) is 7.16. The normalized spacial score (nSPS) is 22.5. The lowest BCUT2D eigenvalue weighted by atomic mass is 9.76. The molecule has 26 heavy (non-hydrogen) atoms. The van der Waals surface area contributed by atoms with Gasteiger partial charge in [-0.3, -0.25) is 5.32 Å². The molecule has 2 atom stereocenters. The molecule has 1 aliphatic rings. The quantitative estimate of drug-likeness (QED) is 0.418. The predicted octanol–water partition coefficient (Wildman–Crippen LogP) is 5.68. The summed E-state index contributed by atoms with van der Waals surface area (Å²) in [6, 6.07) is 13.4. The number of benzene rings is 1. The molecule has 4 rings (SSSR count). The van der Waals surface area contributed by atoms with Gasteiger partial charge in [0.05, 0.1) is 5.54 Å². The van der Waals surface area contributed by atoms with Gasteiger partial charge in [0, 0.05) is 28.8 Å².